The van der Waals surface area contributed by atoms with E-state index in [2.05, 4.69) is 0 Å². The molecule has 0 heterocycles. The maximum Gasteiger partial charge on any atom is 0.230 e. The number of benzene rings is 1. The van der Waals surface area contributed by atoms with Crippen molar-refractivity contribution in [2.45, 2.75) is 52.7 Å². The Balaban J connectivity index is 2.90. The smallest absolute Gasteiger partial charge is 0.230 e. The van der Waals surface area contributed by atoms with Gasteiger partial charge >= 0.3 is 0 Å². The molecule has 0 radical (unpaired) electrons. The van der Waals surface area contributed by atoms with Crippen LogP contribution in [0.1, 0.15) is 44.7 Å². The topological polar surface area (TPSA) is 40.5 Å². The van der Waals surface area contributed by atoms with E-state index in [-0.39, 0.29) is 17.9 Å². The summed E-state index contributed by atoms with van der Waals surface area (Å²) in [5.41, 5.74) is 2.19. The average molecular weight is 263 g/mol. The maximum atomic E-state index is 12.5. The molecular weight excluding hydrogens is 238 g/mol. The minimum atomic E-state index is -0.504. The van der Waals surface area contributed by atoms with Crippen molar-refractivity contribution in [1.29, 1.82) is 0 Å². The summed E-state index contributed by atoms with van der Waals surface area (Å²) in [5, 5.41) is 9.52. The number of rotatable bonds is 5. The molecule has 1 aromatic rings. The van der Waals surface area contributed by atoms with Crippen LogP contribution in [-0.2, 0) is 4.79 Å². The van der Waals surface area contributed by atoms with Crippen molar-refractivity contribution in [3.8, 4) is 0 Å². The molecule has 0 saturated carbocycles. The zero-order chi connectivity index (χ0) is 14.6. The van der Waals surface area contributed by atoms with Crippen LogP contribution in [0, 0.1) is 6.92 Å². The molecule has 3 heteroatoms. The number of aliphatic hydroxyl groups excluding tert-OH is 1. The number of hydrogen-bond donors (Lipinski definition) is 1. The van der Waals surface area contributed by atoms with Gasteiger partial charge in [0.2, 0.25) is 5.91 Å². The largest absolute Gasteiger partial charge is 0.392 e. The van der Waals surface area contributed by atoms with E-state index in [1.54, 1.807) is 11.8 Å². The van der Waals surface area contributed by atoms with Crippen LogP contribution in [0.4, 0.5) is 0 Å². The highest BCUT2D eigenvalue weighted by Crippen LogP contribution is 2.20. The van der Waals surface area contributed by atoms with Gasteiger partial charge in [0.25, 0.3) is 0 Å². The van der Waals surface area contributed by atoms with Crippen molar-refractivity contribution in [2.24, 2.45) is 0 Å². The summed E-state index contributed by atoms with van der Waals surface area (Å²) in [7, 11) is 0. The van der Waals surface area contributed by atoms with Gasteiger partial charge in [-0.15, -0.1) is 0 Å². The second kappa shape index (κ2) is 6.71. The number of carbonyl (C=O) groups is 1. The monoisotopic (exact) mass is 263 g/mol. The average Bonchev–Trinajstić information content (AvgIpc) is 2.33. The lowest BCUT2D eigenvalue weighted by atomic mass is 9.97. The van der Waals surface area contributed by atoms with Gasteiger partial charge in [-0.3, -0.25) is 4.79 Å². The summed E-state index contributed by atoms with van der Waals surface area (Å²) in [6.45, 7) is 9.99. The van der Waals surface area contributed by atoms with E-state index in [0.29, 0.717) is 6.54 Å². The van der Waals surface area contributed by atoms with Gasteiger partial charge in [-0.05, 0) is 40.2 Å². The molecular formula is C16H25NO2. The molecule has 0 bridgehead atoms. The number of hydrogen-bond acceptors (Lipinski definition) is 2. The zero-order valence-corrected chi connectivity index (χ0v) is 12.6. The number of carbonyl (C=O) groups excluding carboxylic acids is 1. The Morgan fingerprint density at radius 3 is 2.37 bits per heavy atom. The van der Waals surface area contributed by atoms with Crippen LogP contribution >= 0.6 is 0 Å². The van der Waals surface area contributed by atoms with Gasteiger partial charge in [0, 0.05) is 12.6 Å². The van der Waals surface area contributed by atoms with Crippen LogP contribution in [0.15, 0.2) is 24.3 Å². The van der Waals surface area contributed by atoms with Crippen molar-refractivity contribution >= 4 is 5.91 Å². The summed E-state index contributed by atoms with van der Waals surface area (Å²) in [5.74, 6) is -0.109. The summed E-state index contributed by atoms with van der Waals surface area (Å²) in [6, 6.07) is 8.12. The van der Waals surface area contributed by atoms with E-state index in [9.17, 15) is 9.90 Å². The summed E-state index contributed by atoms with van der Waals surface area (Å²) >= 11 is 0. The first-order valence-electron chi connectivity index (χ1n) is 6.88. The Morgan fingerprint density at radius 1 is 1.26 bits per heavy atom. The molecule has 0 aliphatic rings. The highest BCUT2D eigenvalue weighted by molar-refractivity contribution is 5.83. The van der Waals surface area contributed by atoms with Crippen LogP contribution in [0.25, 0.3) is 0 Å². The molecule has 0 aromatic heterocycles. The van der Waals surface area contributed by atoms with E-state index in [0.717, 1.165) is 11.1 Å². The summed E-state index contributed by atoms with van der Waals surface area (Å²) in [6.07, 6.45) is -0.504. The van der Waals surface area contributed by atoms with E-state index < -0.39 is 6.10 Å². The zero-order valence-electron chi connectivity index (χ0n) is 12.6. The molecule has 1 amide bonds. The van der Waals surface area contributed by atoms with Crippen molar-refractivity contribution in [3.63, 3.8) is 0 Å². The number of aliphatic hydroxyl groups is 1. The molecule has 0 saturated heterocycles. The number of nitrogens with zero attached hydrogens (tertiary/aromatic N) is 1. The second-order valence-corrected chi connectivity index (χ2v) is 5.57. The van der Waals surface area contributed by atoms with Crippen molar-refractivity contribution in [3.05, 3.63) is 35.4 Å². The van der Waals surface area contributed by atoms with E-state index in [1.807, 2.05) is 52.0 Å². The maximum absolute atomic E-state index is 12.5. The highest BCUT2D eigenvalue weighted by atomic mass is 16.3. The first kappa shape index (κ1) is 15.7. The normalized spacial score (nSPS) is 14.3. The Bertz CT molecular complexity index is 427. The molecule has 1 N–H and O–H groups in total. The lowest BCUT2D eigenvalue weighted by molar-refractivity contribution is -0.135. The minimum Gasteiger partial charge on any atom is -0.392 e. The Labute approximate surface area is 116 Å². The molecule has 1 aromatic carbocycles. The van der Waals surface area contributed by atoms with Crippen LogP contribution in [-0.4, -0.2) is 34.6 Å². The van der Waals surface area contributed by atoms with Gasteiger partial charge in [0.15, 0.2) is 0 Å². The van der Waals surface area contributed by atoms with Crippen LogP contribution in [0.3, 0.4) is 0 Å². The van der Waals surface area contributed by atoms with Gasteiger partial charge in [-0.2, -0.15) is 0 Å². The Hall–Kier alpha value is -1.35. The summed E-state index contributed by atoms with van der Waals surface area (Å²) < 4.78 is 0. The SMILES string of the molecule is Cc1cccc(C(C)C(=O)N(CC(C)O)C(C)C)c1. The molecule has 0 fully saturated rings. The third-order valence-electron chi connectivity index (χ3n) is 3.28. The molecule has 3 nitrogen and oxygen atoms in total. The van der Waals surface area contributed by atoms with Gasteiger partial charge in [-0.25, -0.2) is 0 Å². The summed E-state index contributed by atoms with van der Waals surface area (Å²) in [4.78, 5) is 14.3. The van der Waals surface area contributed by atoms with Crippen molar-refractivity contribution in [1.82, 2.24) is 4.90 Å². The Kier molecular flexibility index (Phi) is 5.55. The van der Waals surface area contributed by atoms with Crippen LogP contribution < -0.4 is 0 Å². The van der Waals surface area contributed by atoms with Crippen LogP contribution in [0.2, 0.25) is 0 Å². The molecule has 2 unspecified atom stereocenters. The van der Waals surface area contributed by atoms with Gasteiger partial charge < -0.3 is 10.0 Å². The molecule has 0 aliphatic carbocycles. The molecule has 2 atom stereocenters. The lowest BCUT2D eigenvalue weighted by Gasteiger charge is -2.30. The molecule has 1 rings (SSSR count). The lowest BCUT2D eigenvalue weighted by Crippen LogP contribution is -2.43. The standard InChI is InChI=1S/C16H25NO2/c1-11(2)17(10-13(4)18)16(19)14(5)15-8-6-7-12(3)9-15/h6-9,11,13-14,18H,10H2,1-5H3. The van der Waals surface area contributed by atoms with Crippen LogP contribution in [0.5, 0.6) is 0 Å². The van der Waals surface area contributed by atoms with Crippen molar-refractivity contribution in [2.75, 3.05) is 6.54 Å². The van der Waals surface area contributed by atoms with Gasteiger partial charge in [0.1, 0.15) is 0 Å². The number of aryl methyl sites for hydroxylation is 1. The third-order valence-corrected chi connectivity index (χ3v) is 3.28. The van der Waals surface area contributed by atoms with E-state index >= 15 is 0 Å². The van der Waals surface area contributed by atoms with Gasteiger partial charge in [0.05, 0.1) is 12.0 Å². The fourth-order valence-corrected chi connectivity index (χ4v) is 2.17. The first-order valence-corrected chi connectivity index (χ1v) is 6.88. The fraction of sp³-hybridized carbons (Fsp3) is 0.562. The first-order chi connectivity index (χ1) is 8.82. The van der Waals surface area contributed by atoms with E-state index in [1.165, 1.54) is 0 Å². The molecule has 0 spiro atoms. The number of amides is 1. The fourth-order valence-electron chi connectivity index (χ4n) is 2.17. The van der Waals surface area contributed by atoms with E-state index in [4.69, 9.17) is 0 Å². The quantitative estimate of drug-likeness (QED) is 0.887. The predicted molar refractivity (Wildman–Crippen MR) is 78.1 cm³/mol. The molecule has 106 valence electrons. The highest BCUT2D eigenvalue weighted by Gasteiger charge is 2.24. The Morgan fingerprint density at radius 2 is 1.89 bits per heavy atom. The van der Waals surface area contributed by atoms with Crippen molar-refractivity contribution < 1.29 is 9.90 Å². The molecule has 19 heavy (non-hydrogen) atoms. The third kappa shape index (κ3) is 4.35. The second-order valence-electron chi connectivity index (χ2n) is 5.57. The predicted octanol–water partition coefficient (Wildman–Crippen LogP) is 2.72. The van der Waals surface area contributed by atoms with Gasteiger partial charge in [-0.1, -0.05) is 29.8 Å². The minimum absolute atomic E-state index is 0.0708. The molecule has 0 aliphatic heterocycles.